The van der Waals surface area contributed by atoms with Gasteiger partial charge >= 0.3 is 6.03 Å². The minimum Gasteiger partial charge on any atom is -0.332 e. The minimum absolute atomic E-state index is 0.0896. The van der Waals surface area contributed by atoms with Crippen LogP contribution in [0.3, 0.4) is 0 Å². The topological polar surface area (TPSA) is 82.6 Å². The van der Waals surface area contributed by atoms with Gasteiger partial charge in [-0.1, -0.05) is 19.1 Å². The number of hydrogen-bond acceptors (Lipinski definition) is 5. The average Bonchev–Trinajstić information content (AvgIpc) is 3.35. The second kappa shape index (κ2) is 6.60. The summed E-state index contributed by atoms with van der Waals surface area (Å²) in [6, 6.07) is 7.34. The van der Waals surface area contributed by atoms with E-state index < -0.39 is 11.6 Å². The Kier molecular flexibility index (Phi) is 4.38. The lowest BCUT2D eigenvalue weighted by Crippen LogP contribution is -2.45. The van der Waals surface area contributed by atoms with Crippen LogP contribution in [0.4, 0.5) is 4.79 Å². The van der Waals surface area contributed by atoms with Gasteiger partial charge in [-0.2, -0.15) is 0 Å². The van der Waals surface area contributed by atoms with Crippen LogP contribution in [-0.4, -0.2) is 51.3 Å². The third kappa shape index (κ3) is 2.97. The number of carbonyl (C=O) groups is 3. The van der Waals surface area contributed by atoms with Gasteiger partial charge in [0.2, 0.25) is 5.91 Å². The summed E-state index contributed by atoms with van der Waals surface area (Å²) in [4.78, 5) is 45.2. The van der Waals surface area contributed by atoms with E-state index in [-0.39, 0.29) is 24.4 Å². The molecule has 2 aliphatic rings. The number of thiazole rings is 1. The lowest BCUT2D eigenvalue weighted by atomic mass is 9.99. The molecule has 1 aromatic heterocycles. The molecule has 2 fully saturated rings. The maximum atomic E-state index is 12.9. The number of imide groups is 1. The van der Waals surface area contributed by atoms with Crippen LogP contribution in [0, 0.1) is 0 Å². The highest BCUT2D eigenvalue weighted by molar-refractivity contribution is 7.18. The standard InChI is InChI=1S/C19H22N4O3S/c1-3-19(2)17(25)23(18(26)21-19)11-15(24)22-10-6-8-13(22)16-20-12-7-4-5-9-14(12)27-16/h4-5,7,9,13H,3,6,8,10-11H2,1-2H3,(H,21,26)/t13-,19+/m1/s1. The Hall–Kier alpha value is -2.48. The molecule has 142 valence electrons. The van der Waals surface area contributed by atoms with Gasteiger partial charge in [-0.3, -0.25) is 14.5 Å². The molecular formula is C19H22N4O3S. The predicted molar refractivity (Wildman–Crippen MR) is 102 cm³/mol. The molecule has 7 nitrogen and oxygen atoms in total. The summed E-state index contributed by atoms with van der Waals surface area (Å²) in [6.45, 7) is 3.93. The maximum Gasteiger partial charge on any atom is 0.325 e. The molecule has 0 bridgehead atoms. The van der Waals surface area contributed by atoms with Crippen LogP contribution in [0.15, 0.2) is 24.3 Å². The largest absolute Gasteiger partial charge is 0.332 e. The van der Waals surface area contributed by atoms with E-state index in [2.05, 4.69) is 5.32 Å². The van der Waals surface area contributed by atoms with Crippen molar-refractivity contribution in [2.45, 2.75) is 44.7 Å². The minimum atomic E-state index is -0.922. The first-order valence-electron chi connectivity index (χ1n) is 9.22. The normalized spacial score (nSPS) is 25.5. The van der Waals surface area contributed by atoms with Crippen LogP contribution in [0.5, 0.6) is 0 Å². The van der Waals surface area contributed by atoms with Crippen LogP contribution in [0.1, 0.15) is 44.2 Å². The highest BCUT2D eigenvalue weighted by atomic mass is 32.1. The molecule has 0 unspecified atom stereocenters. The van der Waals surface area contributed by atoms with Gasteiger partial charge in [0.1, 0.15) is 17.1 Å². The van der Waals surface area contributed by atoms with Gasteiger partial charge in [0.15, 0.2) is 0 Å². The van der Waals surface area contributed by atoms with Gasteiger partial charge in [-0.05, 0) is 38.3 Å². The number of amides is 4. The number of urea groups is 1. The Balaban J connectivity index is 1.53. The predicted octanol–water partition coefficient (Wildman–Crippen LogP) is 2.68. The van der Waals surface area contributed by atoms with Crippen molar-refractivity contribution >= 4 is 39.4 Å². The Morgan fingerprint density at radius 1 is 1.37 bits per heavy atom. The zero-order valence-electron chi connectivity index (χ0n) is 15.4. The number of nitrogens with one attached hydrogen (secondary N) is 1. The molecule has 1 aromatic carbocycles. The highest BCUT2D eigenvalue weighted by Gasteiger charge is 2.47. The first-order chi connectivity index (χ1) is 12.9. The van der Waals surface area contributed by atoms with Gasteiger partial charge in [-0.25, -0.2) is 9.78 Å². The quantitative estimate of drug-likeness (QED) is 0.819. The first-order valence-corrected chi connectivity index (χ1v) is 10.0. The van der Waals surface area contributed by atoms with E-state index >= 15 is 0 Å². The Bertz CT molecular complexity index is 894. The molecule has 0 radical (unpaired) electrons. The number of para-hydroxylation sites is 1. The number of benzene rings is 1. The van der Waals surface area contributed by atoms with Gasteiger partial charge in [0.05, 0.1) is 16.3 Å². The molecule has 3 heterocycles. The highest BCUT2D eigenvalue weighted by Crippen LogP contribution is 2.36. The smallest absolute Gasteiger partial charge is 0.325 e. The molecular weight excluding hydrogens is 364 g/mol. The number of nitrogens with zero attached hydrogens (tertiary/aromatic N) is 3. The van der Waals surface area contributed by atoms with E-state index in [4.69, 9.17) is 4.98 Å². The van der Waals surface area contributed by atoms with E-state index in [0.717, 1.165) is 33.0 Å². The third-order valence-corrected chi connectivity index (χ3v) is 6.65. The van der Waals surface area contributed by atoms with Crippen LogP contribution < -0.4 is 5.32 Å². The van der Waals surface area contributed by atoms with E-state index in [0.29, 0.717) is 13.0 Å². The Labute approximate surface area is 161 Å². The molecule has 4 rings (SSSR count). The van der Waals surface area contributed by atoms with Crippen molar-refractivity contribution in [2.75, 3.05) is 13.1 Å². The number of rotatable bonds is 4. The summed E-state index contributed by atoms with van der Waals surface area (Å²) in [5.74, 6) is -0.542. The number of hydrogen-bond donors (Lipinski definition) is 1. The number of likely N-dealkylation sites (tertiary alicyclic amines) is 1. The maximum absolute atomic E-state index is 12.9. The molecule has 0 aliphatic carbocycles. The third-order valence-electron chi connectivity index (χ3n) is 5.51. The summed E-state index contributed by atoms with van der Waals surface area (Å²) in [7, 11) is 0. The molecule has 4 amide bonds. The number of aromatic nitrogens is 1. The summed E-state index contributed by atoms with van der Waals surface area (Å²) in [6.07, 6.45) is 2.22. The van der Waals surface area contributed by atoms with Crippen LogP contribution in [-0.2, 0) is 9.59 Å². The van der Waals surface area contributed by atoms with E-state index in [1.807, 2.05) is 31.2 Å². The van der Waals surface area contributed by atoms with E-state index in [1.54, 1.807) is 23.2 Å². The van der Waals surface area contributed by atoms with Gasteiger partial charge in [-0.15, -0.1) is 11.3 Å². The number of fused-ring (bicyclic) bond motifs is 1. The lowest BCUT2D eigenvalue weighted by Gasteiger charge is -2.25. The van der Waals surface area contributed by atoms with Gasteiger partial charge in [0, 0.05) is 6.54 Å². The lowest BCUT2D eigenvalue weighted by molar-refractivity contribution is -0.139. The average molecular weight is 386 g/mol. The molecule has 2 aliphatic heterocycles. The van der Waals surface area contributed by atoms with Crippen molar-refractivity contribution in [3.05, 3.63) is 29.3 Å². The molecule has 27 heavy (non-hydrogen) atoms. The SMILES string of the molecule is CC[C@]1(C)NC(=O)N(CC(=O)N2CCC[C@@H]2c2nc3ccccc3s2)C1=O. The van der Waals surface area contributed by atoms with Crippen molar-refractivity contribution in [3.63, 3.8) is 0 Å². The van der Waals surface area contributed by atoms with Crippen molar-refractivity contribution in [1.82, 2.24) is 20.1 Å². The Morgan fingerprint density at radius 2 is 2.15 bits per heavy atom. The molecule has 8 heteroatoms. The van der Waals surface area contributed by atoms with E-state index in [9.17, 15) is 14.4 Å². The van der Waals surface area contributed by atoms with Crippen molar-refractivity contribution < 1.29 is 14.4 Å². The van der Waals surface area contributed by atoms with E-state index in [1.165, 1.54) is 0 Å². The zero-order valence-corrected chi connectivity index (χ0v) is 16.2. The summed E-state index contributed by atoms with van der Waals surface area (Å²) in [5, 5.41) is 3.61. The molecule has 2 aromatic rings. The van der Waals surface area contributed by atoms with Crippen molar-refractivity contribution in [1.29, 1.82) is 0 Å². The summed E-state index contributed by atoms with van der Waals surface area (Å²) >= 11 is 1.60. The molecule has 2 saturated heterocycles. The monoisotopic (exact) mass is 386 g/mol. The van der Waals surface area contributed by atoms with Crippen molar-refractivity contribution in [3.8, 4) is 0 Å². The Morgan fingerprint density at radius 3 is 2.85 bits per heavy atom. The number of carbonyl (C=O) groups excluding carboxylic acids is 3. The van der Waals surface area contributed by atoms with Crippen molar-refractivity contribution in [2.24, 2.45) is 0 Å². The van der Waals surface area contributed by atoms with Crippen LogP contribution in [0.2, 0.25) is 0 Å². The zero-order chi connectivity index (χ0) is 19.2. The second-order valence-corrected chi connectivity index (χ2v) is 8.33. The van der Waals surface area contributed by atoms with Gasteiger partial charge in [0.25, 0.3) is 5.91 Å². The fraction of sp³-hybridized carbons (Fsp3) is 0.474. The van der Waals surface area contributed by atoms with Crippen LogP contribution >= 0.6 is 11.3 Å². The fourth-order valence-electron chi connectivity index (χ4n) is 3.71. The fourth-order valence-corrected chi connectivity index (χ4v) is 4.83. The molecule has 0 saturated carbocycles. The van der Waals surface area contributed by atoms with Crippen LogP contribution in [0.25, 0.3) is 10.2 Å². The summed E-state index contributed by atoms with van der Waals surface area (Å²) < 4.78 is 1.10. The van der Waals surface area contributed by atoms with Gasteiger partial charge < -0.3 is 10.2 Å². The first kappa shape index (κ1) is 17.9. The molecule has 2 atom stereocenters. The molecule has 0 spiro atoms. The molecule has 1 N–H and O–H groups in total. The second-order valence-electron chi connectivity index (χ2n) is 7.27. The summed E-state index contributed by atoms with van der Waals surface area (Å²) in [5.41, 5.74) is 0.0130.